The van der Waals surface area contributed by atoms with Gasteiger partial charge in [0.2, 0.25) is 0 Å². The molecule has 2 aromatic rings. The molecule has 0 aromatic heterocycles. The number of ether oxygens (including phenoxy) is 2. The van der Waals surface area contributed by atoms with Gasteiger partial charge in [-0.25, -0.2) is 4.39 Å². The van der Waals surface area contributed by atoms with Crippen molar-refractivity contribution < 1.29 is 18.7 Å². The average Bonchev–Trinajstić information content (AvgIpc) is 2.56. The first-order valence-corrected chi connectivity index (χ1v) is 8.25. The number of halogens is 2. The van der Waals surface area contributed by atoms with Crippen molar-refractivity contribution in [3.8, 4) is 5.75 Å². The van der Waals surface area contributed by atoms with Gasteiger partial charge in [-0.15, -0.1) is 0 Å². The molecule has 4 nitrogen and oxygen atoms in total. The highest BCUT2D eigenvalue weighted by atomic mass is 79.9. The summed E-state index contributed by atoms with van der Waals surface area (Å²) in [6.07, 6.45) is -0.700. The topological polar surface area (TPSA) is 47.6 Å². The highest BCUT2D eigenvalue weighted by molar-refractivity contribution is 9.10. The zero-order valence-corrected chi connectivity index (χ0v) is 15.1. The summed E-state index contributed by atoms with van der Waals surface area (Å²) in [5.74, 6) is -0.202. The third-order valence-corrected chi connectivity index (χ3v) is 3.96. The second kappa shape index (κ2) is 8.80. The number of carbonyl (C=O) groups is 1. The van der Waals surface area contributed by atoms with Gasteiger partial charge in [0.1, 0.15) is 11.6 Å². The third kappa shape index (κ3) is 5.32. The Balaban J connectivity index is 1.90. The van der Waals surface area contributed by atoms with Crippen molar-refractivity contribution >= 4 is 21.8 Å². The lowest BCUT2D eigenvalue weighted by Gasteiger charge is -2.16. The Morgan fingerprint density at radius 1 is 1.25 bits per heavy atom. The van der Waals surface area contributed by atoms with Crippen LogP contribution in [0, 0.1) is 5.82 Å². The Kier molecular flexibility index (Phi) is 6.75. The van der Waals surface area contributed by atoms with E-state index in [0.717, 1.165) is 11.1 Å². The van der Waals surface area contributed by atoms with Crippen LogP contribution >= 0.6 is 15.9 Å². The fourth-order valence-corrected chi connectivity index (χ4v) is 2.59. The SMILES string of the molecule is COCc1cccc(CNC(=O)[C@@H](C)Oc2ccc(F)cc2Br)c1. The molecule has 0 heterocycles. The van der Waals surface area contributed by atoms with Gasteiger partial charge in [-0.1, -0.05) is 24.3 Å². The Hall–Kier alpha value is -1.92. The van der Waals surface area contributed by atoms with Crippen molar-refractivity contribution in [3.63, 3.8) is 0 Å². The van der Waals surface area contributed by atoms with Gasteiger partial charge in [0, 0.05) is 13.7 Å². The molecule has 0 unspecified atom stereocenters. The molecule has 128 valence electrons. The Labute approximate surface area is 149 Å². The maximum atomic E-state index is 13.1. The number of methoxy groups -OCH3 is 1. The predicted octanol–water partition coefficient (Wildman–Crippen LogP) is 3.82. The molecule has 0 saturated heterocycles. The third-order valence-electron chi connectivity index (χ3n) is 3.34. The zero-order valence-electron chi connectivity index (χ0n) is 13.5. The van der Waals surface area contributed by atoms with Crippen molar-refractivity contribution in [3.05, 3.63) is 63.9 Å². The summed E-state index contributed by atoms with van der Waals surface area (Å²) in [5, 5.41) is 2.83. The maximum absolute atomic E-state index is 13.1. The van der Waals surface area contributed by atoms with Gasteiger partial charge < -0.3 is 14.8 Å². The fraction of sp³-hybridized carbons (Fsp3) is 0.278. The second-order valence-corrected chi connectivity index (χ2v) is 6.16. The molecule has 0 bridgehead atoms. The molecule has 1 amide bonds. The zero-order chi connectivity index (χ0) is 17.5. The molecule has 1 atom stereocenters. The minimum Gasteiger partial charge on any atom is -0.480 e. The summed E-state index contributed by atoms with van der Waals surface area (Å²) >= 11 is 3.21. The summed E-state index contributed by atoms with van der Waals surface area (Å²) in [7, 11) is 1.64. The van der Waals surface area contributed by atoms with Gasteiger partial charge in [-0.05, 0) is 52.2 Å². The Morgan fingerprint density at radius 2 is 2.00 bits per heavy atom. The van der Waals surface area contributed by atoms with E-state index in [0.29, 0.717) is 23.4 Å². The van der Waals surface area contributed by atoms with E-state index in [9.17, 15) is 9.18 Å². The van der Waals surface area contributed by atoms with Crippen molar-refractivity contribution in [2.24, 2.45) is 0 Å². The van der Waals surface area contributed by atoms with Crippen LogP contribution in [0.1, 0.15) is 18.1 Å². The smallest absolute Gasteiger partial charge is 0.261 e. The van der Waals surface area contributed by atoms with E-state index in [1.54, 1.807) is 14.0 Å². The molecule has 0 spiro atoms. The fourth-order valence-electron chi connectivity index (χ4n) is 2.14. The molecule has 2 aromatic carbocycles. The molecule has 0 radical (unpaired) electrons. The Morgan fingerprint density at radius 3 is 2.71 bits per heavy atom. The number of hydrogen-bond donors (Lipinski definition) is 1. The normalized spacial score (nSPS) is 11.8. The second-order valence-electron chi connectivity index (χ2n) is 5.31. The number of rotatable bonds is 7. The molecule has 0 fully saturated rings. The first-order chi connectivity index (χ1) is 11.5. The molecular formula is C18H19BrFNO3. The number of nitrogens with one attached hydrogen (secondary N) is 1. The summed E-state index contributed by atoms with van der Waals surface area (Å²) in [5.41, 5.74) is 2.02. The first-order valence-electron chi connectivity index (χ1n) is 7.45. The van der Waals surface area contributed by atoms with Crippen molar-refractivity contribution in [2.45, 2.75) is 26.2 Å². The molecular weight excluding hydrogens is 377 g/mol. The van der Waals surface area contributed by atoms with E-state index in [2.05, 4.69) is 21.2 Å². The lowest BCUT2D eigenvalue weighted by molar-refractivity contribution is -0.127. The number of benzene rings is 2. The molecule has 0 aliphatic rings. The van der Waals surface area contributed by atoms with Crippen LogP contribution in [-0.2, 0) is 22.7 Å². The van der Waals surface area contributed by atoms with Crippen LogP contribution in [0.25, 0.3) is 0 Å². The van der Waals surface area contributed by atoms with E-state index < -0.39 is 6.10 Å². The monoisotopic (exact) mass is 395 g/mol. The van der Waals surface area contributed by atoms with Crippen LogP contribution in [0.3, 0.4) is 0 Å². The summed E-state index contributed by atoms with van der Waals surface area (Å²) in [6, 6.07) is 11.9. The lowest BCUT2D eigenvalue weighted by atomic mass is 10.1. The molecule has 0 aliphatic heterocycles. The van der Waals surface area contributed by atoms with Gasteiger partial charge in [0.15, 0.2) is 6.10 Å². The van der Waals surface area contributed by atoms with Gasteiger partial charge >= 0.3 is 0 Å². The highest BCUT2D eigenvalue weighted by Crippen LogP contribution is 2.26. The van der Waals surface area contributed by atoms with Gasteiger partial charge in [-0.3, -0.25) is 4.79 Å². The van der Waals surface area contributed by atoms with Crippen molar-refractivity contribution in [2.75, 3.05) is 7.11 Å². The van der Waals surface area contributed by atoms with Crippen LogP contribution in [0.4, 0.5) is 4.39 Å². The molecule has 0 saturated carbocycles. The van der Waals surface area contributed by atoms with E-state index in [-0.39, 0.29) is 11.7 Å². The van der Waals surface area contributed by atoms with Gasteiger partial charge in [0.05, 0.1) is 11.1 Å². The number of carbonyl (C=O) groups excluding carboxylic acids is 1. The lowest BCUT2D eigenvalue weighted by Crippen LogP contribution is -2.36. The van der Waals surface area contributed by atoms with Crippen LogP contribution in [0.15, 0.2) is 46.9 Å². The Bertz CT molecular complexity index is 708. The predicted molar refractivity (Wildman–Crippen MR) is 93.2 cm³/mol. The van der Waals surface area contributed by atoms with Gasteiger partial charge in [0.25, 0.3) is 5.91 Å². The molecule has 24 heavy (non-hydrogen) atoms. The number of hydrogen-bond acceptors (Lipinski definition) is 3. The molecule has 0 aliphatic carbocycles. The van der Waals surface area contributed by atoms with E-state index in [4.69, 9.17) is 9.47 Å². The molecule has 1 N–H and O–H groups in total. The van der Waals surface area contributed by atoms with Crippen LogP contribution in [-0.4, -0.2) is 19.1 Å². The average molecular weight is 396 g/mol. The van der Waals surface area contributed by atoms with Crippen molar-refractivity contribution in [1.29, 1.82) is 0 Å². The summed E-state index contributed by atoms with van der Waals surface area (Å²) < 4.78 is 24.2. The molecule has 6 heteroatoms. The minimum atomic E-state index is -0.700. The van der Waals surface area contributed by atoms with Gasteiger partial charge in [-0.2, -0.15) is 0 Å². The minimum absolute atomic E-state index is 0.247. The summed E-state index contributed by atoms with van der Waals surface area (Å²) in [6.45, 7) is 2.57. The van der Waals surface area contributed by atoms with E-state index in [1.165, 1.54) is 18.2 Å². The standard InChI is InChI=1S/C18H19BrFNO3/c1-12(24-17-7-6-15(20)9-16(17)19)18(22)21-10-13-4-3-5-14(8-13)11-23-2/h3-9,12H,10-11H2,1-2H3,(H,21,22)/t12-/m1/s1. The van der Waals surface area contributed by atoms with E-state index in [1.807, 2.05) is 24.3 Å². The van der Waals surface area contributed by atoms with Crippen LogP contribution in [0.5, 0.6) is 5.75 Å². The van der Waals surface area contributed by atoms with Crippen LogP contribution in [0.2, 0.25) is 0 Å². The van der Waals surface area contributed by atoms with Crippen LogP contribution < -0.4 is 10.1 Å². The summed E-state index contributed by atoms with van der Waals surface area (Å²) in [4.78, 5) is 12.2. The maximum Gasteiger partial charge on any atom is 0.261 e. The largest absolute Gasteiger partial charge is 0.480 e. The van der Waals surface area contributed by atoms with Crippen molar-refractivity contribution in [1.82, 2.24) is 5.32 Å². The highest BCUT2D eigenvalue weighted by Gasteiger charge is 2.16. The first kappa shape index (κ1) is 18.4. The quantitative estimate of drug-likeness (QED) is 0.774. The molecule has 2 rings (SSSR count). The number of amides is 1. The van der Waals surface area contributed by atoms with E-state index >= 15 is 0 Å².